The van der Waals surface area contributed by atoms with Crippen molar-refractivity contribution in [3.63, 3.8) is 0 Å². The summed E-state index contributed by atoms with van der Waals surface area (Å²) in [6, 6.07) is 17.4. The zero-order valence-electron chi connectivity index (χ0n) is 25.9. The van der Waals surface area contributed by atoms with Gasteiger partial charge in [0.15, 0.2) is 23.0 Å². The lowest BCUT2D eigenvalue weighted by molar-refractivity contribution is 0.312. The molecule has 0 aliphatic carbocycles. The number of hydrogen-bond acceptors (Lipinski definition) is 10. The number of hydrogen-bond donors (Lipinski definition) is 6. The van der Waals surface area contributed by atoms with Crippen molar-refractivity contribution in [2.75, 3.05) is 42.1 Å². The Kier molecular flexibility index (Phi) is 8.52. The average molecular weight is 621 g/mol. The van der Waals surface area contributed by atoms with Crippen molar-refractivity contribution < 1.29 is 19.8 Å². The molecule has 0 amide bonds. The van der Waals surface area contributed by atoms with Gasteiger partial charge >= 0.3 is 0 Å². The first-order valence-corrected chi connectivity index (χ1v) is 16.2. The molecule has 0 unspecified atom stereocenters. The fourth-order valence-corrected chi connectivity index (χ4v) is 6.52. The Labute approximate surface area is 268 Å². The van der Waals surface area contributed by atoms with Crippen LogP contribution in [0.5, 0.6) is 28.7 Å². The molecule has 10 nitrogen and oxygen atoms in total. The van der Waals surface area contributed by atoms with Crippen molar-refractivity contribution >= 4 is 22.7 Å². The van der Waals surface area contributed by atoms with E-state index in [4.69, 9.17) is 20.7 Å². The molecule has 0 fully saturated rings. The molecule has 0 aromatic heterocycles. The standard InChI is InChI=1S/C18H17N3O.C9H12N2O2.C9H11NO/c1-3-11-7-15-17(9-13(11)19-5-1)22-18-10-14-12(4-2-6-20-14)8-16(18)21-15;10-13-9-4-6-2-1-3-11-7(6)5-8(9)12;11-8-4-3-7-2-1-5-10-9(7)6-8/h7-10,19H,1-6H2;4-5,11-12H,1-3,10H2;3-4,6,10-11H,1-2,5H2. The number of ether oxygens (including phenoxy) is 1. The highest BCUT2D eigenvalue weighted by atomic mass is 16.6. The molecule has 5 aliphatic heterocycles. The van der Waals surface area contributed by atoms with Gasteiger partial charge in [0.1, 0.15) is 16.8 Å². The Morgan fingerprint density at radius 2 is 1.33 bits per heavy atom. The first kappa shape index (κ1) is 29.7. The quantitative estimate of drug-likeness (QED) is 0.136. The third-order valence-corrected chi connectivity index (χ3v) is 8.91. The van der Waals surface area contributed by atoms with Crippen molar-refractivity contribution in [3.05, 3.63) is 87.6 Å². The van der Waals surface area contributed by atoms with Gasteiger partial charge in [-0.3, -0.25) is 4.99 Å². The Bertz CT molecular complexity index is 1890. The molecule has 4 aromatic rings. The van der Waals surface area contributed by atoms with Gasteiger partial charge in [-0.15, -0.1) is 0 Å². The fraction of sp³-hybridized carbons (Fsp3) is 0.333. The number of nitrogens with one attached hydrogen (secondary N) is 3. The summed E-state index contributed by atoms with van der Waals surface area (Å²) in [5.41, 5.74) is 9.29. The van der Waals surface area contributed by atoms with E-state index in [1.807, 2.05) is 12.1 Å². The summed E-state index contributed by atoms with van der Waals surface area (Å²) < 4.78 is 6.12. The minimum Gasteiger partial charge on any atom is -0.508 e. The molecule has 7 N–H and O–H groups in total. The van der Waals surface area contributed by atoms with Crippen molar-refractivity contribution in [1.29, 1.82) is 0 Å². The van der Waals surface area contributed by atoms with Gasteiger partial charge in [0, 0.05) is 67.5 Å². The van der Waals surface area contributed by atoms with Crippen molar-refractivity contribution in [1.82, 2.24) is 0 Å². The van der Waals surface area contributed by atoms with Gasteiger partial charge in [0.05, 0.1) is 5.36 Å². The summed E-state index contributed by atoms with van der Waals surface area (Å²) in [6.07, 6.45) is 8.92. The molecular formula is C36H40N6O4. The molecule has 0 saturated heterocycles. The fourth-order valence-electron chi connectivity index (χ4n) is 6.52. The number of nitrogens with zero attached hydrogens (tertiary/aromatic N) is 2. The maximum absolute atomic E-state index is 9.42. The monoisotopic (exact) mass is 620 g/mol. The highest BCUT2D eigenvalue weighted by Crippen LogP contribution is 2.39. The number of rotatable bonds is 1. The van der Waals surface area contributed by atoms with Crippen LogP contribution >= 0.6 is 0 Å². The van der Waals surface area contributed by atoms with Gasteiger partial charge in [0.2, 0.25) is 0 Å². The molecule has 4 aromatic carbocycles. The Morgan fingerprint density at radius 3 is 2.09 bits per heavy atom. The minimum absolute atomic E-state index is 0.0793. The zero-order valence-corrected chi connectivity index (χ0v) is 25.9. The third kappa shape index (κ3) is 6.39. The van der Waals surface area contributed by atoms with Crippen LogP contribution in [0.4, 0.5) is 22.7 Å². The summed E-state index contributed by atoms with van der Waals surface area (Å²) in [7, 11) is 0. The van der Waals surface area contributed by atoms with Crippen molar-refractivity contribution in [2.45, 2.75) is 51.4 Å². The number of phenolic OH excluding ortho intramolecular Hbond substituents is 2. The second kappa shape index (κ2) is 13.2. The summed E-state index contributed by atoms with van der Waals surface area (Å²) in [5.74, 6) is 7.43. The van der Waals surface area contributed by atoms with Gasteiger partial charge in [-0.2, -0.15) is 5.90 Å². The summed E-state index contributed by atoms with van der Waals surface area (Å²) >= 11 is 0. The van der Waals surface area contributed by atoms with E-state index in [9.17, 15) is 5.11 Å². The smallest absolute Gasteiger partial charge is 0.188 e. The predicted molar refractivity (Wildman–Crippen MR) is 180 cm³/mol. The van der Waals surface area contributed by atoms with E-state index in [2.05, 4.69) is 44.0 Å². The Morgan fingerprint density at radius 1 is 0.652 bits per heavy atom. The van der Waals surface area contributed by atoms with Crippen LogP contribution in [0.3, 0.4) is 0 Å². The maximum atomic E-state index is 9.42. The summed E-state index contributed by atoms with van der Waals surface area (Å²) in [6.45, 7) is 3.93. The van der Waals surface area contributed by atoms with Gasteiger partial charge in [-0.1, -0.05) is 6.07 Å². The van der Waals surface area contributed by atoms with E-state index >= 15 is 0 Å². The molecule has 10 heteroatoms. The normalized spacial score (nSPS) is 16.1. The van der Waals surface area contributed by atoms with Crippen LogP contribution < -0.4 is 42.1 Å². The number of aryl methyl sites for hydroxylation is 4. The lowest BCUT2D eigenvalue weighted by atomic mass is 10.0. The minimum atomic E-state index is 0.0793. The average Bonchev–Trinajstić information content (AvgIpc) is 3.09. The van der Waals surface area contributed by atoms with Crippen LogP contribution in [0.15, 0.2) is 64.6 Å². The highest BCUT2D eigenvalue weighted by Gasteiger charge is 2.19. The molecule has 9 rings (SSSR count). The van der Waals surface area contributed by atoms with E-state index in [0.717, 1.165) is 110 Å². The zero-order chi connectivity index (χ0) is 31.5. The SMILES string of the molecule is NOc1cc2c(cc1O)NCCC2.Oc1ccc2c(c1)NCCC2.c1c2c(cc3c1N=c1cc4c(cc1O3)=NCCC4)NCCC2. The first-order valence-electron chi connectivity index (χ1n) is 16.2. The maximum Gasteiger partial charge on any atom is 0.188 e. The van der Waals surface area contributed by atoms with Crippen LogP contribution in [0.1, 0.15) is 47.9 Å². The second-order valence-corrected chi connectivity index (χ2v) is 12.2. The van der Waals surface area contributed by atoms with Crippen LogP contribution in [-0.2, 0) is 25.7 Å². The molecule has 5 heterocycles. The number of phenols is 2. The first-order chi connectivity index (χ1) is 22.5. The Balaban J connectivity index is 0.000000120. The number of aromatic hydroxyl groups is 2. The Hall–Kier alpha value is -4.96. The molecule has 5 aliphatic rings. The van der Waals surface area contributed by atoms with Gasteiger partial charge in [0.25, 0.3) is 0 Å². The topological polar surface area (TPSA) is 146 Å². The van der Waals surface area contributed by atoms with Crippen LogP contribution in [0, 0.1) is 0 Å². The van der Waals surface area contributed by atoms with E-state index in [-0.39, 0.29) is 5.75 Å². The molecule has 0 saturated carbocycles. The van der Waals surface area contributed by atoms with E-state index in [0.29, 0.717) is 11.5 Å². The molecule has 46 heavy (non-hydrogen) atoms. The number of benzene rings is 4. The van der Waals surface area contributed by atoms with E-state index in [1.54, 1.807) is 24.3 Å². The lowest BCUT2D eigenvalue weighted by Gasteiger charge is -2.22. The number of fused-ring (bicyclic) bond motifs is 6. The summed E-state index contributed by atoms with van der Waals surface area (Å²) in [5, 5.41) is 30.5. The molecule has 238 valence electrons. The molecule has 0 radical (unpaired) electrons. The summed E-state index contributed by atoms with van der Waals surface area (Å²) in [4.78, 5) is 14.0. The predicted octanol–water partition coefficient (Wildman–Crippen LogP) is 5.42. The molecule has 0 spiro atoms. The number of nitrogens with two attached hydrogens (primary N) is 1. The lowest BCUT2D eigenvalue weighted by Crippen LogP contribution is -2.22. The van der Waals surface area contributed by atoms with Gasteiger partial charge < -0.3 is 35.7 Å². The molecule has 0 atom stereocenters. The third-order valence-electron chi connectivity index (χ3n) is 8.91. The van der Waals surface area contributed by atoms with Crippen molar-refractivity contribution in [3.8, 4) is 28.7 Å². The van der Waals surface area contributed by atoms with Crippen LogP contribution in [0.25, 0.3) is 0 Å². The van der Waals surface area contributed by atoms with Crippen LogP contribution in [-0.4, -0.2) is 36.4 Å². The number of anilines is 3. The van der Waals surface area contributed by atoms with Crippen LogP contribution in [0.2, 0.25) is 0 Å². The van der Waals surface area contributed by atoms with E-state index in [1.165, 1.54) is 35.2 Å². The van der Waals surface area contributed by atoms with E-state index < -0.39 is 0 Å². The van der Waals surface area contributed by atoms with Gasteiger partial charge in [-0.05, 0) is 97.9 Å². The molecular weight excluding hydrogens is 580 g/mol. The van der Waals surface area contributed by atoms with Gasteiger partial charge in [-0.25, -0.2) is 4.99 Å². The second-order valence-electron chi connectivity index (χ2n) is 12.2. The largest absolute Gasteiger partial charge is 0.508 e. The highest BCUT2D eigenvalue weighted by molar-refractivity contribution is 5.68. The van der Waals surface area contributed by atoms with Crippen molar-refractivity contribution in [2.24, 2.45) is 15.9 Å². The molecule has 0 bridgehead atoms.